The van der Waals surface area contributed by atoms with Gasteiger partial charge in [0, 0.05) is 26.1 Å². The minimum absolute atomic E-state index is 0.0570. The molecule has 1 atom stereocenters. The fraction of sp³-hybridized carbons (Fsp3) is 0.647. The SMILES string of the molecule is CCc1nnc2ccc(N3CCCC(C(=O)NCC4CC4)C3)nn12. The van der Waals surface area contributed by atoms with Crippen LogP contribution < -0.4 is 10.2 Å². The van der Waals surface area contributed by atoms with Crippen LogP contribution in [0.5, 0.6) is 0 Å². The number of hydrogen-bond donors (Lipinski definition) is 1. The molecule has 4 rings (SSSR count). The smallest absolute Gasteiger partial charge is 0.224 e. The Morgan fingerprint density at radius 2 is 2.17 bits per heavy atom. The molecule has 7 heteroatoms. The Bertz CT molecular complexity index is 738. The van der Waals surface area contributed by atoms with Crippen LogP contribution in [0.1, 0.15) is 38.4 Å². The molecule has 2 aromatic heterocycles. The number of carbonyl (C=O) groups excluding carboxylic acids is 1. The standard InChI is InChI=1S/C17H24N6O/c1-2-14-19-20-15-7-8-16(21-23(14)15)22-9-3-4-13(11-22)17(24)18-10-12-5-6-12/h7-8,12-13H,2-6,9-11H2,1H3,(H,18,24). The van der Waals surface area contributed by atoms with E-state index in [-0.39, 0.29) is 11.8 Å². The van der Waals surface area contributed by atoms with Crippen molar-refractivity contribution in [3.8, 4) is 0 Å². The minimum Gasteiger partial charge on any atom is -0.356 e. The van der Waals surface area contributed by atoms with Gasteiger partial charge in [-0.25, -0.2) is 0 Å². The molecule has 3 heterocycles. The number of hydrogen-bond acceptors (Lipinski definition) is 5. The van der Waals surface area contributed by atoms with Crippen LogP contribution in [0.3, 0.4) is 0 Å². The molecule has 1 unspecified atom stereocenters. The number of aromatic nitrogens is 4. The van der Waals surface area contributed by atoms with E-state index in [1.807, 2.05) is 23.6 Å². The lowest BCUT2D eigenvalue weighted by Crippen LogP contribution is -2.44. The monoisotopic (exact) mass is 328 g/mol. The van der Waals surface area contributed by atoms with Crippen molar-refractivity contribution in [3.63, 3.8) is 0 Å². The third kappa shape index (κ3) is 3.07. The summed E-state index contributed by atoms with van der Waals surface area (Å²) in [4.78, 5) is 14.6. The highest BCUT2D eigenvalue weighted by Crippen LogP contribution is 2.28. The number of piperidine rings is 1. The van der Waals surface area contributed by atoms with Gasteiger partial charge < -0.3 is 10.2 Å². The number of rotatable bonds is 5. The third-order valence-electron chi connectivity index (χ3n) is 5.01. The van der Waals surface area contributed by atoms with Gasteiger partial charge in [-0.15, -0.1) is 15.3 Å². The lowest BCUT2D eigenvalue weighted by Gasteiger charge is -2.32. The van der Waals surface area contributed by atoms with Crippen LogP contribution in [0.2, 0.25) is 0 Å². The zero-order valence-electron chi connectivity index (χ0n) is 14.1. The van der Waals surface area contributed by atoms with E-state index in [9.17, 15) is 4.79 Å². The number of amides is 1. The van der Waals surface area contributed by atoms with Crippen LogP contribution in [0, 0.1) is 11.8 Å². The molecule has 0 spiro atoms. The summed E-state index contributed by atoms with van der Waals surface area (Å²) in [6.45, 7) is 4.57. The molecule has 0 radical (unpaired) electrons. The summed E-state index contributed by atoms with van der Waals surface area (Å²) in [6.07, 6.45) is 5.30. The molecule has 1 aliphatic carbocycles. The molecule has 7 nitrogen and oxygen atoms in total. The molecule has 2 aromatic rings. The van der Waals surface area contributed by atoms with E-state index in [0.717, 1.165) is 62.1 Å². The number of anilines is 1. The predicted octanol–water partition coefficient (Wildman–Crippen LogP) is 1.43. The average molecular weight is 328 g/mol. The molecule has 1 aliphatic heterocycles. The van der Waals surface area contributed by atoms with Gasteiger partial charge >= 0.3 is 0 Å². The maximum absolute atomic E-state index is 12.4. The van der Waals surface area contributed by atoms with Gasteiger partial charge in [0.15, 0.2) is 11.5 Å². The summed E-state index contributed by atoms with van der Waals surface area (Å²) in [5.74, 6) is 2.74. The fourth-order valence-electron chi connectivity index (χ4n) is 3.32. The number of aryl methyl sites for hydroxylation is 1. The van der Waals surface area contributed by atoms with Crippen LogP contribution in [0.25, 0.3) is 5.65 Å². The van der Waals surface area contributed by atoms with Crippen molar-refractivity contribution < 1.29 is 4.79 Å². The van der Waals surface area contributed by atoms with Crippen LogP contribution >= 0.6 is 0 Å². The Morgan fingerprint density at radius 3 is 2.96 bits per heavy atom. The first-order chi connectivity index (χ1) is 11.7. The molecule has 128 valence electrons. The third-order valence-corrected chi connectivity index (χ3v) is 5.01. The molecule has 2 aliphatic rings. The van der Waals surface area contributed by atoms with Gasteiger partial charge in [-0.3, -0.25) is 4.79 Å². The van der Waals surface area contributed by atoms with Gasteiger partial charge in [0.05, 0.1) is 5.92 Å². The zero-order chi connectivity index (χ0) is 16.5. The van der Waals surface area contributed by atoms with Crippen LogP contribution in [0.15, 0.2) is 12.1 Å². The Labute approximate surface area is 141 Å². The Balaban J connectivity index is 1.47. The van der Waals surface area contributed by atoms with Crippen molar-refractivity contribution in [2.24, 2.45) is 11.8 Å². The van der Waals surface area contributed by atoms with E-state index in [2.05, 4.69) is 20.4 Å². The zero-order valence-corrected chi connectivity index (χ0v) is 14.1. The highest BCUT2D eigenvalue weighted by atomic mass is 16.1. The first-order valence-corrected chi connectivity index (χ1v) is 8.98. The lowest BCUT2D eigenvalue weighted by molar-refractivity contribution is -0.125. The molecule has 0 aromatic carbocycles. The second kappa shape index (κ2) is 6.37. The van der Waals surface area contributed by atoms with Gasteiger partial charge in [-0.05, 0) is 43.7 Å². The first kappa shape index (κ1) is 15.4. The number of nitrogens with zero attached hydrogens (tertiary/aromatic N) is 5. The minimum atomic E-state index is 0.0570. The largest absolute Gasteiger partial charge is 0.356 e. The summed E-state index contributed by atoms with van der Waals surface area (Å²) in [5.41, 5.74) is 0.770. The Kier molecular flexibility index (Phi) is 4.08. The van der Waals surface area contributed by atoms with E-state index in [1.54, 1.807) is 0 Å². The highest BCUT2D eigenvalue weighted by Gasteiger charge is 2.28. The quantitative estimate of drug-likeness (QED) is 0.898. The molecule has 1 N–H and O–H groups in total. The van der Waals surface area contributed by atoms with Crippen LogP contribution in [0.4, 0.5) is 5.82 Å². The van der Waals surface area contributed by atoms with Crippen LogP contribution in [-0.2, 0) is 11.2 Å². The van der Waals surface area contributed by atoms with E-state index in [1.165, 1.54) is 12.8 Å². The van der Waals surface area contributed by atoms with Crippen molar-refractivity contribution in [1.29, 1.82) is 0 Å². The van der Waals surface area contributed by atoms with Gasteiger partial charge in [-0.2, -0.15) is 4.52 Å². The first-order valence-electron chi connectivity index (χ1n) is 8.98. The summed E-state index contributed by atoms with van der Waals surface area (Å²) >= 11 is 0. The van der Waals surface area contributed by atoms with E-state index >= 15 is 0 Å². The Morgan fingerprint density at radius 1 is 1.29 bits per heavy atom. The number of fused-ring (bicyclic) bond motifs is 1. The topological polar surface area (TPSA) is 75.4 Å². The van der Waals surface area contributed by atoms with Gasteiger partial charge in [0.1, 0.15) is 5.82 Å². The summed E-state index contributed by atoms with van der Waals surface area (Å²) in [5, 5.41) is 16.1. The normalized spacial score (nSPS) is 21.2. The molecular weight excluding hydrogens is 304 g/mol. The molecular formula is C17H24N6O. The van der Waals surface area contributed by atoms with Gasteiger partial charge in [0.2, 0.25) is 5.91 Å². The lowest BCUT2D eigenvalue weighted by atomic mass is 9.97. The number of nitrogens with one attached hydrogen (secondary N) is 1. The molecule has 1 saturated carbocycles. The van der Waals surface area contributed by atoms with Crippen molar-refractivity contribution in [2.45, 2.75) is 39.0 Å². The molecule has 0 bridgehead atoms. The van der Waals surface area contributed by atoms with Gasteiger partial charge in [-0.1, -0.05) is 6.92 Å². The highest BCUT2D eigenvalue weighted by molar-refractivity contribution is 5.79. The predicted molar refractivity (Wildman–Crippen MR) is 90.8 cm³/mol. The average Bonchev–Trinajstić information content (AvgIpc) is 3.37. The maximum atomic E-state index is 12.4. The van der Waals surface area contributed by atoms with Gasteiger partial charge in [0.25, 0.3) is 0 Å². The second-order valence-electron chi connectivity index (χ2n) is 6.91. The second-order valence-corrected chi connectivity index (χ2v) is 6.91. The van der Waals surface area contributed by atoms with Crippen LogP contribution in [-0.4, -0.2) is 45.4 Å². The fourth-order valence-corrected chi connectivity index (χ4v) is 3.32. The van der Waals surface area contributed by atoms with E-state index in [4.69, 9.17) is 5.10 Å². The van der Waals surface area contributed by atoms with E-state index < -0.39 is 0 Å². The van der Waals surface area contributed by atoms with Crippen molar-refractivity contribution in [2.75, 3.05) is 24.5 Å². The summed E-state index contributed by atoms with van der Waals surface area (Å²) < 4.78 is 1.81. The molecule has 1 amide bonds. The van der Waals surface area contributed by atoms with Crippen molar-refractivity contribution in [1.82, 2.24) is 25.1 Å². The Hall–Kier alpha value is -2.18. The summed E-state index contributed by atoms with van der Waals surface area (Å²) in [6, 6.07) is 3.93. The summed E-state index contributed by atoms with van der Waals surface area (Å²) in [7, 11) is 0. The van der Waals surface area contributed by atoms with Crippen molar-refractivity contribution in [3.05, 3.63) is 18.0 Å². The number of carbonyl (C=O) groups is 1. The molecule has 24 heavy (non-hydrogen) atoms. The molecule has 1 saturated heterocycles. The molecule has 2 fully saturated rings. The van der Waals surface area contributed by atoms with Crippen molar-refractivity contribution >= 4 is 17.4 Å². The maximum Gasteiger partial charge on any atom is 0.224 e. The van der Waals surface area contributed by atoms with E-state index in [0.29, 0.717) is 0 Å².